The molecule has 6 nitrogen and oxygen atoms in total. The van der Waals surface area contributed by atoms with Crippen LogP contribution in [-0.2, 0) is 4.74 Å². The number of nitrogens with one attached hydrogen (secondary N) is 1. The van der Waals surface area contributed by atoms with Crippen molar-refractivity contribution in [1.29, 1.82) is 0 Å². The van der Waals surface area contributed by atoms with Gasteiger partial charge < -0.3 is 10.1 Å². The molecule has 0 fully saturated rings. The molecule has 0 radical (unpaired) electrons. The second-order valence-electron chi connectivity index (χ2n) is 4.29. The summed E-state index contributed by atoms with van der Waals surface area (Å²) < 4.78 is 40.2. The van der Waals surface area contributed by atoms with E-state index in [9.17, 15) is 23.3 Å². The Hall–Kier alpha value is -1.90. The van der Waals surface area contributed by atoms with Gasteiger partial charge in [0, 0.05) is 12.1 Å². The maximum Gasteiger partial charge on any atom is 0.411 e. The maximum atomic E-state index is 11.9. The van der Waals surface area contributed by atoms with Crippen molar-refractivity contribution >= 4 is 11.5 Å². The van der Waals surface area contributed by atoms with E-state index in [2.05, 4.69) is 15.0 Å². The number of nitrogens with zero attached hydrogens (tertiary/aromatic N) is 2. The Morgan fingerprint density at radius 1 is 1.55 bits per heavy atom. The summed E-state index contributed by atoms with van der Waals surface area (Å²) in [5, 5.41) is 13.4. The molecule has 1 N–H and O–H groups in total. The first kappa shape index (κ1) is 16.2. The van der Waals surface area contributed by atoms with E-state index in [4.69, 9.17) is 0 Å². The Kier molecular flexibility index (Phi) is 5.26. The fourth-order valence-electron chi connectivity index (χ4n) is 1.44. The molecule has 20 heavy (non-hydrogen) atoms. The van der Waals surface area contributed by atoms with Crippen molar-refractivity contribution in [2.45, 2.75) is 26.1 Å². The number of aryl methyl sites for hydroxylation is 1. The number of pyridine rings is 1. The van der Waals surface area contributed by atoms with Gasteiger partial charge in [0.05, 0.1) is 11.5 Å². The lowest BCUT2D eigenvalue weighted by Gasteiger charge is -2.16. The van der Waals surface area contributed by atoms with Gasteiger partial charge in [-0.1, -0.05) is 0 Å². The van der Waals surface area contributed by atoms with Gasteiger partial charge in [-0.05, 0) is 19.4 Å². The van der Waals surface area contributed by atoms with Gasteiger partial charge in [0.25, 0.3) is 5.69 Å². The third-order valence-corrected chi connectivity index (χ3v) is 2.29. The Bertz CT molecular complexity index is 480. The van der Waals surface area contributed by atoms with Crippen molar-refractivity contribution in [3.63, 3.8) is 0 Å². The summed E-state index contributed by atoms with van der Waals surface area (Å²) in [5.41, 5.74) is 0.385. The fraction of sp³-hybridized carbons (Fsp3) is 0.545. The molecule has 1 aromatic rings. The van der Waals surface area contributed by atoms with Crippen molar-refractivity contribution in [2.75, 3.05) is 18.5 Å². The Labute approximate surface area is 113 Å². The summed E-state index contributed by atoms with van der Waals surface area (Å²) in [7, 11) is 0. The number of ether oxygens (including phenoxy) is 1. The smallest absolute Gasteiger partial charge is 0.370 e. The lowest BCUT2D eigenvalue weighted by atomic mass is 10.2. The molecule has 1 heterocycles. The molecule has 112 valence electrons. The van der Waals surface area contributed by atoms with Gasteiger partial charge in [-0.25, -0.2) is 4.98 Å². The number of hydrogen-bond acceptors (Lipinski definition) is 5. The normalized spacial score (nSPS) is 13.1. The second kappa shape index (κ2) is 6.51. The van der Waals surface area contributed by atoms with E-state index < -0.39 is 23.7 Å². The molecule has 0 aliphatic heterocycles. The van der Waals surface area contributed by atoms with Crippen LogP contribution < -0.4 is 5.32 Å². The van der Waals surface area contributed by atoms with Crippen LogP contribution in [0.25, 0.3) is 0 Å². The topological polar surface area (TPSA) is 77.3 Å². The van der Waals surface area contributed by atoms with Crippen molar-refractivity contribution < 1.29 is 22.8 Å². The van der Waals surface area contributed by atoms with Crippen molar-refractivity contribution in [2.24, 2.45) is 0 Å². The molecule has 0 saturated carbocycles. The minimum absolute atomic E-state index is 0.144. The average Bonchev–Trinajstić information content (AvgIpc) is 2.29. The number of anilines is 1. The number of halogens is 3. The summed E-state index contributed by atoms with van der Waals surface area (Å²) >= 11 is 0. The van der Waals surface area contributed by atoms with Crippen LogP contribution in [0.3, 0.4) is 0 Å². The first-order valence-electron chi connectivity index (χ1n) is 5.71. The second-order valence-corrected chi connectivity index (χ2v) is 4.29. The summed E-state index contributed by atoms with van der Waals surface area (Å²) in [6, 6.07) is 0.920. The molecule has 0 saturated heterocycles. The number of alkyl halides is 3. The molecular weight excluding hydrogens is 279 g/mol. The van der Waals surface area contributed by atoms with E-state index >= 15 is 0 Å². The zero-order valence-electron chi connectivity index (χ0n) is 10.9. The predicted octanol–water partition coefficient (Wildman–Crippen LogP) is 2.68. The van der Waals surface area contributed by atoms with Crippen LogP contribution in [0.15, 0.2) is 12.3 Å². The zero-order chi connectivity index (χ0) is 15.3. The molecule has 1 atom stereocenters. The van der Waals surface area contributed by atoms with Crippen molar-refractivity contribution in [3.8, 4) is 0 Å². The number of nitro groups is 1. The number of aromatic nitrogens is 1. The van der Waals surface area contributed by atoms with Crippen LogP contribution in [-0.4, -0.2) is 35.3 Å². The van der Waals surface area contributed by atoms with Gasteiger partial charge in [-0.15, -0.1) is 0 Å². The first-order chi connectivity index (χ1) is 9.19. The van der Waals surface area contributed by atoms with Crippen LogP contribution in [0.1, 0.15) is 12.5 Å². The lowest BCUT2D eigenvalue weighted by molar-refractivity contribution is -0.385. The van der Waals surface area contributed by atoms with E-state index in [0.29, 0.717) is 11.4 Å². The average molecular weight is 293 g/mol. The standard InChI is InChI=1S/C11H14F3N3O3/c1-7-3-9(17(18)19)4-15-10(7)16-8(2)5-20-6-11(12,13)14/h3-4,8H,5-6H2,1-2H3,(H,15,16). The molecular formula is C11H14F3N3O3. The summed E-state index contributed by atoms with van der Waals surface area (Å²) in [6.45, 7) is 1.77. The number of hydrogen-bond donors (Lipinski definition) is 1. The molecule has 1 rings (SSSR count). The molecule has 0 aliphatic rings. The lowest BCUT2D eigenvalue weighted by Crippen LogP contribution is -2.26. The summed E-state index contributed by atoms with van der Waals surface area (Å²) in [5.74, 6) is 0.374. The van der Waals surface area contributed by atoms with Gasteiger partial charge >= 0.3 is 6.18 Å². The fourth-order valence-corrected chi connectivity index (χ4v) is 1.44. The zero-order valence-corrected chi connectivity index (χ0v) is 10.9. The summed E-state index contributed by atoms with van der Waals surface area (Å²) in [4.78, 5) is 13.8. The largest absolute Gasteiger partial charge is 0.411 e. The third-order valence-electron chi connectivity index (χ3n) is 2.29. The molecule has 1 unspecified atom stereocenters. The highest BCUT2D eigenvalue weighted by Crippen LogP contribution is 2.19. The highest BCUT2D eigenvalue weighted by atomic mass is 19.4. The highest BCUT2D eigenvalue weighted by Gasteiger charge is 2.27. The quantitative estimate of drug-likeness (QED) is 0.644. The SMILES string of the molecule is Cc1cc([N+](=O)[O-])cnc1NC(C)COCC(F)(F)F. The number of rotatable bonds is 6. The van der Waals surface area contributed by atoms with E-state index in [1.165, 1.54) is 6.07 Å². The van der Waals surface area contributed by atoms with Crippen molar-refractivity contribution in [3.05, 3.63) is 27.9 Å². The van der Waals surface area contributed by atoms with E-state index in [0.717, 1.165) is 6.20 Å². The monoisotopic (exact) mass is 293 g/mol. The van der Waals surface area contributed by atoms with E-state index in [-0.39, 0.29) is 12.3 Å². The molecule has 1 aromatic heterocycles. The third kappa shape index (κ3) is 5.39. The predicted molar refractivity (Wildman–Crippen MR) is 65.6 cm³/mol. The van der Waals surface area contributed by atoms with Gasteiger partial charge in [-0.3, -0.25) is 10.1 Å². The molecule has 0 bridgehead atoms. The van der Waals surface area contributed by atoms with Crippen LogP contribution >= 0.6 is 0 Å². The molecule has 9 heteroatoms. The minimum atomic E-state index is -4.36. The Morgan fingerprint density at radius 3 is 2.70 bits per heavy atom. The first-order valence-corrected chi connectivity index (χ1v) is 5.71. The van der Waals surface area contributed by atoms with Gasteiger partial charge in [-0.2, -0.15) is 13.2 Å². The minimum Gasteiger partial charge on any atom is -0.370 e. The summed E-state index contributed by atoms with van der Waals surface area (Å²) in [6.07, 6.45) is -3.28. The highest BCUT2D eigenvalue weighted by molar-refractivity contribution is 5.48. The molecule has 0 aromatic carbocycles. The molecule has 0 amide bonds. The maximum absolute atomic E-state index is 11.9. The Morgan fingerprint density at radius 2 is 2.20 bits per heavy atom. The van der Waals surface area contributed by atoms with E-state index in [1.54, 1.807) is 13.8 Å². The van der Waals surface area contributed by atoms with Crippen LogP contribution in [0.4, 0.5) is 24.7 Å². The van der Waals surface area contributed by atoms with Crippen LogP contribution in [0.2, 0.25) is 0 Å². The van der Waals surface area contributed by atoms with Gasteiger partial charge in [0.15, 0.2) is 0 Å². The van der Waals surface area contributed by atoms with Crippen molar-refractivity contribution in [1.82, 2.24) is 4.98 Å². The molecule has 0 spiro atoms. The van der Waals surface area contributed by atoms with Crippen LogP contribution in [0.5, 0.6) is 0 Å². The van der Waals surface area contributed by atoms with Gasteiger partial charge in [0.1, 0.15) is 18.6 Å². The van der Waals surface area contributed by atoms with Gasteiger partial charge in [0.2, 0.25) is 0 Å². The van der Waals surface area contributed by atoms with E-state index in [1.807, 2.05) is 0 Å². The van der Waals surface area contributed by atoms with Crippen LogP contribution in [0, 0.1) is 17.0 Å². The Balaban J connectivity index is 2.54. The molecule has 0 aliphatic carbocycles.